The molecular weight excluding hydrogens is 322 g/mol. The molecule has 0 amide bonds. The Labute approximate surface area is 146 Å². The van der Waals surface area contributed by atoms with E-state index in [9.17, 15) is 8.42 Å². The molecule has 1 aromatic rings. The zero-order chi connectivity index (χ0) is 18.1. The molecule has 0 radical (unpaired) electrons. The topological polar surface area (TPSA) is 70.6 Å². The molecule has 5 nitrogen and oxygen atoms in total. The van der Waals surface area contributed by atoms with E-state index in [1.54, 1.807) is 0 Å². The Balaban J connectivity index is 2.87. The monoisotopic (exact) mass is 353 g/mol. The van der Waals surface area contributed by atoms with Gasteiger partial charge in [-0.25, -0.2) is 8.42 Å². The fourth-order valence-corrected chi connectivity index (χ4v) is 3.16. The minimum atomic E-state index is -2.98. The summed E-state index contributed by atoms with van der Waals surface area (Å²) in [7, 11) is -2.98. The van der Waals surface area contributed by atoms with E-state index >= 15 is 0 Å². The molecule has 2 N–H and O–H groups in total. The van der Waals surface area contributed by atoms with Crippen LogP contribution in [-0.4, -0.2) is 46.0 Å². The van der Waals surface area contributed by atoms with Crippen LogP contribution in [-0.2, 0) is 15.3 Å². The van der Waals surface area contributed by atoms with Crippen molar-refractivity contribution >= 4 is 15.8 Å². The Morgan fingerprint density at radius 1 is 1.08 bits per heavy atom. The molecule has 0 aliphatic carbocycles. The Kier molecular flexibility index (Phi) is 8.25. The number of benzene rings is 1. The minimum absolute atomic E-state index is 0.000441. The molecule has 0 spiro atoms. The smallest absolute Gasteiger partial charge is 0.191 e. The van der Waals surface area contributed by atoms with Crippen molar-refractivity contribution in [3.8, 4) is 0 Å². The van der Waals surface area contributed by atoms with Gasteiger partial charge in [0.05, 0.1) is 12.3 Å². The molecular formula is C18H31N3O2S. The first-order chi connectivity index (χ1) is 11.4. The van der Waals surface area contributed by atoms with Crippen molar-refractivity contribution in [2.24, 2.45) is 4.99 Å². The molecule has 24 heavy (non-hydrogen) atoms. The fraction of sp³-hybridized carbons (Fsp3) is 0.611. The molecule has 0 fully saturated rings. The Hall–Kier alpha value is -1.56. The maximum absolute atomic E-state index is 11.3. The van der Waals surface area contributed by atoms with Gasteiger partial charge in [-0.05, 0) is 25.3 Å². The van der Waals surface area contributed by atoms with Crippen LogP contribution in [0.25, 0.3) is 0 Å². The fourth-order valence-electron chi connectivity index (χ4n) is 2.69. The second-order valence-electron chi connectivity index (χ2n) is 6.11. The summed E-state index contributed by atoms with van der Waals surface area (Å²) in [6, 6.07) is 10.5. The van der Waals surface area contributed by atoms with Crippen molar-refractivity contribution < 1.29 is 8.42 Å². The van der Waals surface area contributed by atoms with Gasteiger partial charge in [-0.1, -0.05) is 44.2 Å². The van der Waals surface area contributed by atoms with Gasteiger partial charge in [0.25, 0.3) is 0 Å². The summed E-state index contributed by atoms with van der Waals surface area (Å²) in [6.45, 7) is 8.14. The van der Waals surface area contributed by atoms with Crippen LogP contribution in [0.15, 0.2) is 35.3 Å². The molecule has 6 heteroatoms. The molecule has 1 aromatic carbocycles. The summed E-state index contributed by atoms with van der Waals surface area (Å²) in [5, 5.41) is 6.29. The summed E-state index contributed by atoms with van der Waals surface area (Å²) >= 11 is 0. The Morgan fingerprint density at radius 2 is 1.71 bits per heavy atom. The highest BCUT2D eigenvalue weighted by Gasteiger charge is 2.28. The first kappa shape index (κ1) is 20.5. The summed E-state index contributed by atoms with van der Waals surface area (Å²) in [5.41, 5.74) is 1.30. The average Bonchev–Trinajstić information content (AvgIpc) is 2.56. The highest BCUT2D eigenvalue weighted by atomic mass is 32.2. The van der Waals surface area contributed by atoms with Gasteiger partial charge in [-0.15, -0.1) is 0 Å². The summed E-state index contributed by atoms with van der Waals surface area (Å²) in [6.07, 6.45) is 3.24. The summed E-state index contributed by atoms with van der Waals surface area (Å²) in [5.74, 6) is 0.770. The molecule has 0 saturated carbocycles. The van der Waals surface area contributed by atoms with E-state index < -0.39 is 9.84 Å². The second-order valence-corrected chi connectivity index (χ2v) is 8.37. The molecule has 0 saturated heterocycles. The third kappa shape index (κ3) is 6.51. The van der Waals surface area contributed by atoms with Crippen molar-refractivity contribution in [2.45, 2.75) is 39.0 Å². The molecule has 0 aliphatic rings. The Bertz CT molecular complexity index is 608. The van der Waals surface area contributed by atoms with Crippen molar-refractivity contribution in [1.82, 2.24) is 10.6 Å². The standard InChI is InChI=1S/C18H31N3O2S/c1-5-18(6-2,16-11-9-8-10-12-16)15-21-17(19-7-3)20-13-14-24(4,22)23/h8-12H,5-7,13-15H2,1-4H3,(H2,19,20,21). The predicted molar refractivity (Wildman–Crippen MR) is 102 cm³/mol. The normalized spacial score (nSPS) is 12.9. The molecule has 136 valence electrons. The van der Waals surface area contributed by atoms with Gasteiger partial charge in [0.15, 0.2) is 5.96 Å². The summed E-state index contributed by atoms with van der Waals surface area (Å²) in [4.78, 5) is 4.72. The number of guanidine groups is 1. The van der Waals surface area contributed by atoms with Crippen LogP contribution in [0, 0.1) is 0 Å². The first-order valence-corrected chi connectivity index (χ1v) is 10.7. The minimum Gasteiger partial charge on any atom is -0.357 e. The van der Waals surface area contributed by atoms with Gasteiger partial charge in [-0.2, -0.15) is 0 Å². The first-order valence-electron chi connectivity index (χ1n) is 8.62. The lowest BCUT2D eigenvalue weighted by molar-refractivity contribution is 0.407. The predicted octanol–water partition coefficient (Wildman–Crippen LogP) is 2.34. The average molecular weight is 354 g/mol. The second kappa shape index (κ2) is 9.67. The molecule has 0 bridgehead atoms. The maximum atomic E-state index is 11.3. The zero-order valence-electron chi connectivity index (χ0n) is 15.3. The van der Waals surface area contributed by atoms with Crippen LogP contribution >= 0.6 is 0 Å². The van der Waals surface area contributed by atoms with Gasteiger partial charge in [0, 0.05) is 24.8 Å². The lowest BCUT2D eigenvalue weighted by atomic mass is 9.76. The van der Waals surface area contributed by atoms with E-state index in [-0.39, 0.29) is 11.2 Å². The van der Waals surface area contributed by atoms with Gasteiger partial charge in [0.2, 0.25) is 0 Å². The summed E-state index contributed by atoms with van der Waals surface area (Å²) < 4.78 is 22.5. The number of nitrogens with zero attached hydrogens (tertiary/aromatic N) is 1. The van der Waals surface area contributed by atoms with Crippen LogP contribution in [0.2, 0.25) is 0 Å². The van der Waals surface area contributed by atoms with E-state index in [2.05, 4.69) is 48.7 Å². The van der Waals surface area contributed by atoms with Gasteiger partial charge >= 0.3 is 0 Å². The van der Waals surface area contributed by atoms with Crippen molar-refractivity contribution in [3.05, 3.63) is 35.9 Å². The van der Waals surface area contributed by atoms with Gasteiger partial charge in [0.1, 0.15) is 9.84 Å². The van der Waals surface area contributed by atoms with E-state index in [1.807, 2.05) is 13.0 Å². The van der Waals surface area contributed by atoms with Crippen molar-refractivity contribution in [2.75, 3.05) is 31.6 Å². The third-order valence-electron chi connectivity index (χ3n) is 4.39. The molecule has 0 aliphatic heterocycles. The molecule has 0 atom stereocenters. The number of sulfone groups is 1. The molecule has 0 unspecified atom stereocenters. The lowest BCUT2D eigenvalue weighted by Crippen LogP contribution is -2.41. The van der Waals surface area contributed by atoms with Crippen LogP contribution < -0.4 is 10.6 Å². The highest BCUT2D eigenvalue weighted by molar-refractivity contribution is 7.90. The number of nitrogens with one attached hydrogen (secondary N) is 2. The van der Waals surface area contributed by atoms with Crippen LogP contribution in [0.4, 0.5) is 0 Å². The van der Waals surface area contributed by atoms with E-state index in [4.69, 9.17) is 4.99 Å². The zero-order valence-corrected chi connectivity index (χ0v) is 16.1. The number of hydrogen-bond donors (Lipinski definition) is 2. The van der Waals surface area contributed by atoms with E-state index in [0.717, 1.165) is 19.4 Å². The van der Waals surface area contributed by atoms with E-state index in [0.29, 0.717) is 19.0 Å². The Morgan fingerprint density at radius 3 is 2.21 bits per heavy atom. The van der Waals surface area contributed by atoms with Crippen molar-refractivity contribution in [3.63, 3.8) is 0 Å². The number of rotatable bonds is 9. The van der Waals surface area contributed by atoms with Crippen molar-refractivity contribution in [1.29, 1.82) is 0 Å². The SMILES string of the molecule is CCNC(=NCC(CC)(CC)c1ccccc1)NCCS(C)(=O)=O. The van der Waals surface area contributed by atoms with Crippen LogP contribution in [0.5, 0.6) is 0 Å². The maximum Gasteiger partial charge on any atom is 0.191 e. The van der Waals surface area contributed by atoms with E-state index in [1.165, 1.54) is 11.8 Å². The molecule has 0 heterocycles. The highest BCUT2D eigenvalue weighted by Crippen LogP contribution is 2.31. The lowest BCUT2D eigenvalue weighted by Gasteiger charge is -2.31. The van der Waals surface area contributed by atoms with Crippen LogP contribution in [0.1, 0.15) is 39.2 Å². The largest absolute Gasteiger partial charge is 0.357 e. The van der Waals surface area contributed by atoms with Gasteiger partial charge in [-0.3, -0.25) is 4.99 Å². The third-order valence-corrected chi connectivity index (χ3v) is 5.33. The quantitative estimate of drug-likeness (QED) is 0.528. The number of aliphatic imine (C=N–C) groups is 1. The number of hydrogen-bond acceptors (Lipinski definition) is 3. The molecule has 1 rings (SSSR count). The van der Waals surface area contributed by atoms with Gasteiger partial charge < -0.3 is 10.6 Å². The molecule has 0 aromatic heterocycles. The van der Waals surface area contributed by atoms with Crippen LogP contribution in [0.3, 0.4) is 0 Å².